The van der Waals surface area contributed by atoms with Gasteiger partial charge in [0.2, 0.25) is 11.8 Å². The fourth-order valence-electron chi connectivity index (χ4n) is 4.13. The van der Waals surface area contributed by atoms with E-state index in [1.807, 2.05) is 52.0 Å². The molecule has 0 unspecified atom stereocenters. The van der Waals surface area contributed by atoms with Crippen molar-refractivity contribution in [3.63, 3.8) is 0 Å². The third kappa shape index (κ3) is 8.47. The Bertz CT molecular complexity index is 1450. The Morgan fingerprint density at radius 3 is 2.17 bits per heavy atom. The van der Waals surface area contributed by atoms with E-state index in [1.165, 1.54) is 29.2 Å². The highest BCUT2D eigenvalue weighted by Crippen LogP contribution is 2.33. The first-order valence-electron chi connectivity index (χ1n) is 13.4. The van der Waals surface area contributed by atoms with Crippen LogP contribution >= 0.6 is 11.6 Å². The molecular formula is C31H38ClN3O5S. The molecule has 8 nitrogen and oxygen atoms in total. The highest BCUT2D eigenvalue weighted by Gasteiger charge is 2.34. The van der Waals surface area contributed by atoms with Gasteiger partial charge in [-0.2, -0.15) is 0 Å². The molecule has 0 aromatic heterocycles. The number of carbonyl (C=O) groups excluding carboxylic acids is 2. The second-order valence-corrected chi connectivity index (χ2v) is 13.1. The molecule has 0 aliphatic rings. The van der Waals surface area contributed by atoms with Crippen molar-refractivity contribution in [3.8, 4) is 5.75 Å². The number of anilines is 1. The van der Waals surface area contributed by atoms with Crippen LogP contribution < -0.4 is 14.4 Å². The third-order valence-electron chi connectivity index (χ3n) is 6.25. The number of rotatable bonds is 11. The van der Waals surface area contributed by atoms with E-state index in [-0.39, 0.29) is 23.0 Å². The second kappa shape index (κ2) is 13.4. The molecule has 0 bridgehead atoms. The van der Waals surface area contributed by atoms with E-state index >= 15 is 0 Å². The van der Waals surface area contributed by atoms with Gasteiger partial charge in [-0.3, -0.25) is 13.9 Å². The number of ether oxygens (including phenoxy) is 1. The highest BCUT2D eigenvalue weighted by molar-refractivity contribution is 7.92. The molecule has 0 fully saturated rings. The van der Waals surface area contributed by atoms with Gasteiger partial charge >= 0.3 is 0 Å². The maximum atomic E-state index is 14.1. The van der Waals surface area contributed by atoms with Crippen LogP contribution in [0.5, 0.6) is 5.75 Å². The quantitative estimate of drug-likeness (QED) is 0.311. The molecule has 0 spiro atoms. The van der Waals surface area contributed by atoms with Gasteiger partial charge in [0.25, 0.3) is 10.0 Å². The maximum Gasteiger partial charge on any atom is 0.264 e. The number of halogens is 1. The molecule has 0 saturated carbocycles. The molecule has 1 atom stereocenters. The van der Waals surface area contributed by atoms with E-state index < -0.39 is 34.1 Å². The van der Waals surface area contributed by atoms with E-state index in [2.05, 4.69) is 5.32 Å². The average Bonchev–Trinajstić information content (AvgIpc) is 2.91. The van der Waals surface area contributed by atoms with Gasteiger partial charge in [0, 0.05) is 17.1 Å². The summed E-state index contributed by atoms with van der Waals surface area (Å²) in [5.74, 6) is -0.588. The summed E-state index contributed by atoms with van der Waals surface area (Å²) < 4.78 is 34.8. The number of hydrogen-bond acceptors (Lipinski definition) is 5. The summed E-state index contributed by atoms with van der Waals surface area (Å²) in [5, 5.41) is 3.30. The number of amides is 2. The molecule has 2 amide bonds. The predicted octanol–water partition coefficient (Wildman–Crippen LogP) is 5.57. The number of nitrogens with zero attached hydrogens (tertiary/aromatic N) is 2. The minimum atomic E-state index is -4.25. The molecule has 0 heterocycles. The van der Waals surface area contributed by atoms with Gasteiger partial charge in [-0.15, -0.1) is 0 Å². The van der Waals surface area contributed by atoms with Crippen molar-refractivity contribution >= 4 is 39.1 Å². The Balaban J connectivity index is 2.08. The summed E-state index contributed by atoms with van der Waals surface area (Å²) in [5.41, 5.74) is 1.54. The summed E-state index contributed by atoms with van der Waals surface area (Å²) in [6.45, 7) is 10.8. The Labute approximate surface area is 248 Å². The zero-order valence-corrected chi connectivity index (χ0v) is 25.9. The normalized spacial score (nSPS) is 12.4. The van der Waals surface area contributed by atoms with E-state index in [1.54, 1.807) is 38.1 Å². The summed E-state index contributed by atoms with van der Waals surface area (Å²) in [7, 11) is -4.25. The van der Waals surface area contributed by atoms with Crippen molar-refractivity contribution in [2.24, 2.45) is 0 Å². The molecule has 0 aliphatic carbocycles. The van der Waals surface area contributed by atoms with Gasteiger partial charge in [-0.25, -0.2) is 8.42 Å². The lowest BCUT2D eigenvalue weighted by Crippen LogP contribution is -2.54. The van der Waals surface area contributed by atoms with Gasteiger partial charge in [-0.1, -0.05) is 53.6 Å². The molecule has 0 aliphatic heterocycles. The highest BCUT2D eigenvalue weighted by atomic mass is 35.5. The first-order chi connectivity index (χ1) is 19.2. The van der Waals surface area contributed by atoms with E-state index in [9.17, 15) is 18.0 Å². The van der Waals surface area contributed by atoms with Crippen LogP contribution in [0.15, 0.2) is 77.7 Å². The Morgan fingerprint density at radius 2 is 1.59 bits per heavy atom. The molecular weight excluding hydrogens is 562 g/mol. The first-order valence-corrected chi connectivity index (χ1v) is 15.2. The van der Waals surface area contributed by atoms with Crippen LogP contribution in [0, 0.1) is 6.92 Å². The van der Waals surface area contributed by atoms with Gasteiger partial charge in [0.1, 0.15) is 18.3 Å². The van der Waals surface area contributed by atoms with Crippen LogP contribution in [0.25, 0.3) is 0 Å². The second-order valence-electron chi connectivity index (χ2n) is 10.8. The topological polar surface area (TPSA) is 96.0 Å². The minimum absolute atomic E-state index is 0.0374. The van der Waals surface area contributed by atoms with Gasteiger partial charge < -0.3 is 15.0 Å². The molecule has 10 heteroatoms. The van der Waals surface area contributed by atoms with Gasteiger partial charge in [-0.05, 0) is 83.5 Å². The summed E-state index contributed by atoms with van der Waals surface area (Å²) in [6, 6.07) is 19.1. The van der Waals surface area contributed by atoms with Crippen molar-refractivity contribution in [2.75, 3.05) is 17.5 Å². The van der Waals surface area contributed by atoms with Crippen molar-refractivity contribution in [1.29, 1.82) is 0 Å². The molecule has 220 valence electrons. The van der Waals surface area contributed by atoms with Gasteiger partial charge in [0.05, 0.1) is 17.2 Å². The minimum Gasteiger partial charge on any atom is -0.492 e. The molecule has 0 radical (unpaired) electrons. The maximum absolute atomic E-state index is 14.1. The van der Waals surface area contributed by atoms with E-state index in [4.69, 9.17) is 16.3 Å². The average molecular weight is 600 g/mol. The summed E-state index contributed by atoms with van der Waals surface area (Å²) in [6.07, 6.45) is 0. The Hall–Kier alpha value is -3.56. The number of para-hydroxylation sites is 2. The molecule has 3 aromatic carbocycles. The lowest BCUT2D eigenvalue weighted by molar-refractivity contribution is -0.140. The number of aryl methyl sites for hydroxylation is 1. The number of sulfonamides is 1. The molecule has 3 rings (SSSR count). The largest absolute Gasteiger partial charge is 0.492 e. The number of carbonyl (C=O) groups is 2. The summed E-state index contributed by atoms with van der Waals surface area (Å²) in [4.78, 5) is 28.7. The lowest BCUT2D eigenvalue weighted by atomic mass is 10.1. The fourth-order valence-corrected chi connectivity index (χ4v) is 5.69. The van der Waals surface area contributed by atoms with Crippen LogP contribution in [-0.2, 0) is 26.2 Å². The van der Waals surface area contributed by atoms with Crippen molar-refractivity contribution in [1.82, 2.24) is 10.2 Å². The van der Waals surface area contributed by atoms with Crippen molar-refractivity contribution in [3.05, 3.63) is 88.9 Å². The smallest absolute Gasteiger partial charge is 0.264 e. The molecule has 0 saturated heterocycles. The van der Waals surface area contributed by atoms with E-state index in [0.717, 1.165) is 15.4 Å². The predicted molar refractivity (Wildman–Crippen MR) is 163 cm³/mol. The third-order valence-corrected chi connectivity index (χ3v) is 8.28. The first kappa shape index (κ1) is 32.0. The van der Waals surface area contributed by atoms with Crippen LogP contribution in [0.4, 0.5) is 5.69 Å². The van der Waals surface area contributed by atoms with Crippen molar-refractivity contribution < 1.29 is 22.7 Å². The molecule has 3 aromatic rings. The standard InChI is InChI=1S/C31H38ClN3O5S/c1-7-40-28-11-9-8-10-27(28)35(41(38,39)26-18-16-25(32)17-19-26)21-29(36)34(20-24-14-12-22(2)13-15-24)23(3)30(37)33-31(4,5)6/h8-19,23H,7,20-21H2,1-6H3,(H,33,37)/t23-/m0/s1. The van der Waals surface area contributed by atoms with Gasteiger partial charge in [0.15, 0.2) is 0 Å². The fraction of sp³-hybridized carbons (Fsp3) is 0.355. The number of nitrogens with one attached hydrogen (secondary N) is 1. The van der Waals surface area contributed by atoms with Crippen LogP contribution in [-0.4, -0.2) is 49.9 Å². The monoisotopic (exact) mass is 599 g/mol. The Morgan fingerprint density at radius 1 is 0.976 bits per heavy atom. The lowest BCUT2D eigenvalue weighted by Gasteiger charge is -2.33. The molecule has 1 N–H and O–H groups in total. The van der Waals surface area contributed by atoms with E-state index in [0.29, 0.717) is 17.4 Å². The number of hydrogen-bond donors (Lipinski definition) is 1. The Kier molecular flexibility index (Phi) is 10.4. The van der Waals surface area contributed by atoms with Crippen LogP contribution in [0.2, 0.25) is 5.02 Å². The zero-order chi connectivity index (χ0) is 30.4. The van der Waals surface area contributed by atoms with Crippen LogP contribution in [0.3, 0.4) is 0 Å². The SMILES string of the molecule is CCOc1ccccc1N(CC(=O)N(Cc1ccc(C)cc1)[C@@H](C)C(=O)NC(C)(C)C)S(=O)(=O)c1ccc(Cl)cc1. The van der Waals surface area contributed by atoms with Crippen LogP contribution in [0.1, 0.15) is 45.7 Å². The van der Waals surface area contributed by atoms with Crippen molar-refractivity contribution in [2.45, 2.75) is 64.6 Å². The number of benzene rings is 3. The molecule has 41 heavy (non-hydrogen) atoms. The summed E-state index contributed by atoms with van der Waals surface area (Å²) >= 11 is 6.02. The zero-order valence-electron chi connectivity index (χ0n) is 24.3.